The summed E-state index contributed by atoms with van der Waals surface area (Å²) in [6.45, 7) is 0. The third-order valence-corrected chi connectivity index (χ3v) is 4.98. The van der Waals surface area contributed by atoms with Crippen molar-refractivity contribution in [2.45, 2.75) is 32.1 Å². The van der Waals surface area contributed by atoms with Crippen LogP contribution in [0.15, 0.2) is 47.6 Å². The van der Waals surface area contributed by atoms with Crippen molar-refractivity contribution in [3.63, 3.8) is 0 Å². The summed E-state index contributed by atoms with van der Waals surface area (Å²) in [5, 5.41) is 27.1. The number of nitrogens with one attached hydrogen (secondary N) is 2. The van der Waals surface area contributed by atoms with Gasteiger partial charge in [0.1, 0.15) is 5.75 Å². The third-order valence-electron chi connectivity index (χ3n) is 4.98. The molecule has 2 amide bonds. The van der Waals surface area contributed by atoms with Crippen LogP contribution in [-0.4, -0.2) is 28.1 Å². The Morgan fingerprint density at radius 2 is 1.80 bits per heavy atom. The number of hydrogen-bond donors (Lipinski definition) is 3. The highest BCUT2D eigenvalue weighted by Gasteiger charge is 2.21. The second kappa shape index (κ2) is 9.64. The van der Waals surface area contributed by atoms with Gasteiger partial charge in [0.05, 0.1) is 11.1 Å². The fraction of sp³-hybridized carbons (Fsp3) is 0.286. The molecule has 9 nitrogen and oxygen atoms in total. The first-order valence-electron chi connectivity index (χ1n) is 9.66. The van der Waals surface area contributed by atoms with Crippen LogP contribution in [0, 0.1) is 16.0 Å². The second-order valence-electron chi connectivity index (χ2n) is 7.10. The Labute approximate surface area is 173 Å². The maximum Gasteiger partial charge on any atom is 0.271 e. The van der Waals surface area contributed by atoms with Gasteiger partial charge in [0.15, 0.2) is 0 Å². The number of carbonyl (C=O) groups is 2. The number of anilines is 1. The Bertz CT molecular complexity index is 966. The number of amides is 2. The number of hydrazone groups is 1. The Hall–Kier alpha value is -3.75. The molecule has 2 aromatic carbocycles. The molecule has 3 rings (SSSR count). The van der Waals surface area contributed by atoms with Gasteiger partial charge in [-0.05, 0) is 43.2 Å². The van der Waals surface area contributed by atoms with Gasteiger partial charge in [0.25, 0.3) is 11.6 Å². The van der Waals surface area contributed by atoms with Gasteiger partial charge < -0.3 is 10.4 Å². The first-order valence-corrected chi connectivity index (χ1v) is 9.66. The summed E-state index contributed by atoms with van der Waals surface area (Å²) in [6.07, 6.45) is 6.27. The van der Waals surface area contributed by atoms with Gasteiger partial charge in [-0.1, -0.05) is 19.3 Å². The van der Waals surface area contributed by atoms with Crippen molar-refractivity contribution in [3.05, 3.63) is 63.7 Å². The molecule has 0 atom stereocenters. The summed E-state index contributed by atoms with van der Waals surface area (Å²) in [4.78, 5) is 34.7. The van der Waals surface area contributed by atoms with Crippen molar-refractivity contribution in [2.75, 3.05) is 5.32 Å². The van der Waals surface area contributed by atoms with Gasteiger partial charge >= 0.3 is 0 Å². The van der Waals surface area contributed by atoms with Crippen LogP contribution in [0.25, 0.3) is 0 Å². The van der Waals surface area contributed by atoms with E-state index in [2.05, 4.69) is 15.8 Å². The Morgan fingerprint density at radius 3 is 2.47 bits per heavy atom. The summed E-state index contributed by atoms with van der Waals surface area (Å²) >= 11 is 0. The molecule has 0 radical (unpaired) electrons. The topological polar surface area (TPSA) is 134 Å². The molecular weight excluding hydrogens is 388 g/mol. The largest absolute Gasteiger partial charge is 0.507 e. The van der Waals surface area contributed by atoms with Crippen molar-refractivity contribution in [1.29, 1.82) is 0 Å². The lowest BCUT2D eigenvalue weighted by Crippen LogP contribution is -2.24. The van der Waals surface area contributed by atoms with Gasteiger partial charge in [0.2, 0.25) is 5.91 Å². The van der Waals surface area contributed by atoms with Gasteiger partial charge in [-0.3, -0.25) is 19.7 Å². The fourth-order valence-corrected chi connectivity index (χ4v) is 3.30. The van der Waals surface area contributed by atoms with Gasteiger partial charge in [-0.25, -0.2) is 5.43 Å². The van der Waals surface area contributed by atoms with Crippen LogP contribution >= 0.6 is 0 Å². The molecule has 3 N–H and O–H groups in total. The summed E-state index contributed by atoms with van der Waals surface area (Å²) in [6, 6.07) is 9.91. The maximum absolute atomic E-state index is 12.3. The highest BCUT2D eigenvalue weighted by molar-refractivity contribution is 5.97. The molecule has 1 saturated carbocycles. The molecular formula is C21H22N4O5. The maximum atomic E-state index is 12.3. The van der Waals surface area contributed by atoms with Gasteiger partial charge in [0, 0.05) is 34.9 Å². The van der Waals surface area contributed by atoms with Crippen molar-refractivity contribution in [3.8, 4) is 5.75 Å². The Morgan fingerprint density at radius 1 is 1.10 bits per heavy atom. The molecule has 1 aliphatic rings. The van der Waals surface area contributed by atoms with E-state index in [1.54, 1.807) is 24.3 Å². The number of carbonyl (C=O) groups excluding carboxylic acids is 2. The molecule has 9 heteroatoms. The van der Waals surface area contributed by atoms with Crippen molar-refractivity contribution in [1.82, 2.24) is 5.43 Å². The van der Waals surface area contributed by atoms with Gasteiger partial charge in [-0.15, -0.1) is 0 Å². The molecule has 1 fully saturated rings. The number of phenolic OH excluding ortho intramolecular Hbond substituents is 1. The summed E-state index contributed by atoms with van der Waals surface area (Å²) < 4.78 is 0. The van der Waals surface area contributed by atoms with Crippen LogP contribution in [0.3, 0.4) is 0 Å². The van der Waals surface area contributed by atoms with Crippen molar-refractivity contribution in [2.24, 2.45) is 11.0 Å². The average molecular weight is 410 g/mol. The number of nitro groups is 1. The van der Waals surface area contributed by atoms with Crippen LogP contribution in [0.2, 0.25) is 0 Å². The zero-order valence-electron chi connectivity index (χ0n) is 16.2. The van der Waals surface area contributed by atoms with E-state index >= 15 is 0 Å². The summed E-state index contributed by atoms with van der Waals surface area (Å²) in [5.74, 6) is -0.646. The quantitative estimate of drug-likeness (QED) is 0.380. The van der Waals surface area contributed by atoms with Crippen LogP contribution in [-0.2, 0) is 4.79 Å². The number of benzene rings is 2. The molecule has 30 heavy (non-hydrogen) atoms. The monoisotopic (exact) mass is 410 g/mol. The Kier molecular flexibility index (Phi) is 6.74. The zero-order chi connectivity index (χ0) is 21.5. The third kappa shape index (κ3) is 5.40. The molecule has 0 aromatic heterocycles. The van der Waals surface area contributed by atoms with E-state index < -0.39 is 10.8 Å². The van der Waals surface area contributed by atoms with Crippen LogP contribution in [0.4, 0.5) is 11.4 Å². The number of phenols is 1. The first-order chi connectivity index (χ1) is 14.4. The van der Waals surface area contributed by atoms with E-state index in [1.807, 2.05) is 0 Å². The molecule has 0 spiro atoms. The smallest absolute Gasteiger partial charge is 0.271 e. The molecule has 0 unspecified atom stereocenters. The van der Waals surface area contributed by atoms with Gasteiger partial charge in [-0.2, -0.15) is 5.10 Å². The van der Waals surface area contributed by atoms with E-state index in [1.165, 1.54) is 18.6 Å². The SMILES string of the molecule is O=C(N/N=C/c1cc([N+](=O)[O-])ccc1O)c1ccc(NC(=O)C2CCCCC2)cc1. The lowest BCUT2D eigenvalue weighted by molar-refractivity contribution is -0.384. The molecule has 0 aliphatic heterocycles. The normalized spacial score (nSPS) is 14.4. The van der Waals surface area contributed by atoms with E-state index in [0.717, 1.165) is 38.0 Å². The van der Waals surface area contributed by atoms with E-state index in [4.69, 9.17) is 0 Å². The number of hydrogen-bond acceptors (Lipinski definition) is 6. The lowest BCUT2D eigenvalue weighted by Gasteiger charge is -2.20. The molecule has 1 aliphatic carbocycles. The van der Waals surface area contributed by atoms with Crippen LogP contribution in [0.1, 0.15) is 48.0 Å². The number of nitrogens with zero attached hydrogens (tertiary/aromatic N) is 2. The minimum atomic E-state index is -0.593. The van der Waals surface area contributed by atoms with Crippen LogP contribution < -0.4 is 10.7 Å². The number of nitro benzene ring substituents is 1. The standard InChI is InChI=1S/C21H22N4O5/c26-19-11-10-18(25(29)30)12-16(19)13-22-24-21(28)15-6-8-17(9-7-15)23-20(27)14-4-2-1-3-5-14/h6-14,26H,1-5H2,(H,23,27)(H,24,28)/b22-13+. The minimum Gasteiger partial charge on any atom is -0.507 e. The number of aromatic hydroxyl groups is 1. The zero-order valence-corrected chi connectivity index (χ0v) is 16.2. The first kappa shape index (κ1) is 21.0. The Balaban J connectivity index is 1.57. The number of non-ortho nitro benzene ring substituents is 1. The lowest BCUT2D eigenvalue weighted by atomic mass is 9.88. The van der Waals surface area contributed by atoms with E-state index in [9.17, 15) is 24.8 Å². The predicted octanol–water partition coefficient (Wildman–Crippen LogP) is 3.58. The summed E-state index contributed by atoms with van der Waals surface area (Å²) in [5.41, 5.74) is 3.14. The fourth-order valence-electron chi connectivity index (χ4n) is 3.30. The predicted molar refractivity (Wildman–Crippen MR) is 111 cm³/mol. The van der Waals surface area contributed by atoms with Crippen molar-refractivity contribution < 1.29 is 19.6 Å². The highest BCUT2D eigenvalue weighted by atomic mass is 16.6. The summed E-state index contributed by atoms with van der Waals surface area (Å²) in [7, 11) is 0. The second-order valence-corrected chi connectivity index (χ2v) is 7.10. The molecule has 156 valence electrons. The van der Waals surface area contributed by atoms with Crippen molar-refractivity contribution >= 4 is 29.4 Å². The minimum absolute atomic E-state index is 0.00765. The molecule has 0 heterocycles. The number of rotatable bonds is 6. The van der Waals surface area contributed by atoms with E-state index in [-0.39, 0.29) is 28.8 Å². The molecule has 2 aromatic rings. The molecule has 0 saturated heterocycles. The molecule has 0 bridgehead atoms. The van der Waals surface area contributed by atoms with E-state index in [0.29, 0.717) is 11.3 Å². The highest BCUT2D eigenvalue weighted by Crippen LogP contribution is 2.25. The average Bonchev–Trinajstić information content (AvgIpc) is 2.76. The van der Waals surface area contributed by atoms with Crippen LogP contribution in [0.5, 0.6) is 5.75 Å².